The number of H-pyrrole nitrogens is 1. The van der Waals surface area contributed by atoms with Crippen LogP contribution in [0.2, 0.25) is 0 Å². The number of aromatic nitrogens is 2. The van der Waals surface area contributed by atoms with Crippen LogP contribution < -0.4 is 5.56 Å². The summed E-state index contributed by atoms with van der Waals surface area (Å²) in [5.41, 5.74) is 0.800. The second-order valence-corrected chi connectivity index (χ2v) is 3.04. The molecule has 0 aromatic carbocycles. The van der Waals surface area contributed by atoms with E-state index in [-0.39, 0.29) is 5.56 Å². The monoisotopic (exact) mass is 177 g/mol. The van der Waals surface area contributed by atoms with E-state index in [1.54, 1.807) is 6.07 Å². The highest BCUT2D eigenvalue weighted by atomic mass is 16.1. The van der Waals surface area contributed by atoms with Crippen molar-refractivity contribution in [3.8, 4) is 0 Å². The number of hydrogen-bond donors (Lipinski definition) is 1. The summed E-state index contributed by atoms with van der Waals surface area (Å²) in [6.07, 6.45) is 4.84. The molecule has 4 heteroatoms. The first kappa shape index (κ1) is 8.04. The maximum atomic E-state index is 11.4. The van der Waals surface area contributed by atoms with Gasteiger partial charge in [-0.05, 0) is 19.4 Å². The zero-order valence-corrected chi connectivity index (χ0v) is 7.45. The van der Waals surface area contributed by atoms with E-state index in [2.05, 4.69) is 10.1 Å². The number of aryl methyl sites for hydroxylation is 1. The Bertz CT molecular complexity index is 422. The summed E-state index contributed by atoms with van der Waals surface area (Å²) in [6, 6.07) is 1.56. The van der Waals surface area contributed by atoms with E-state index in [0.717, 1.165) is 18.7 Å². The second kappa shape index (κ2) is 3.05. The molecular weight excluding hydrogens is 166 g/mol. The summed E-state index contributed by atoms with van der Waals surface area (Å²) >= 11 is 0. The predicted molar refractivity (Wildman–Crippen MR) is 51.2 cm³/mol. The van der Waals surface area contributed by atoms with Gasteiger partial charge in [0.05, 0.1) is 0 Å². The molecule has 0 spiro atoms. The number of dihydropyridines is 1. The molecule has 0 saturated heterocycles. The number of nitrogens with one attached hydrogen (secondary N) is 1. The van der Waals surface area contributed by atoms with E-state index >= 15 is 0 Å². The third-order valence-electron chi connectivity index (χ3n) is 1.91. The SMILES string of the molecule is Cc1cc(=O)n(C2=NCCC=C2)[nH]1. The van der Waals surface area contributed by atoms with E-state index in [4.69, 9.17) is 0 Å². The minimum absolute atomic E-state index is 0.0530. The lowest BCUT2D eigenvalue weighted by Crippen LogP contribution is -2.24. The predicted octanol–water partition coefficient (Wildman–Crippen LogP) is 0.691. The Labute approximate surface area is 75.6 Å². The van der Waals surface area contributed by atoms with Crippen LogP contribution in [0.3, 0.4) is 0 Å². The van der Waals surface area contributed by atoms with Crippen LogP contribution in [0.1, 0.15) is 12.1 Å². The molecule has 2 rings (SSSR count). The Kier molecular flexibility index (Phi) is 1.88. The highest BCUT2D eigenvalue weighted by Gasteiger charge is 2.05. The van der Waals surface area contributed by atoms with Gasteiger partial charge in [0.1, 0.15) is 5.84 Å². The standard InChI is InChI=1S/C9H11N3O/c1-7-6-9(13)12(11-7)8-4-2-3-5-10-8/h2,4,6,11H,3,5H2,1H3. The quantitative estimate of drug-likeness (QED) is 0.622. The summed E-state index contributed by atoms with van der Waals surface area (Å²) in [5.74, 6) is 0.698. The first-order chi connectivity index (χ1) is 6.27. The Hall–Kier alpha value is -1.58. The van der Waals surface area contributed by atoms with Crippen molar-refractivity contribution in [2.75, 3.05) is 6.54 Å². The van der Waals surface area contributed by atoms with Crippen molar-refractivity contribution < 1.29 is 0 Å². The van der Waals surface area contributed by atoms with Gasteiger partial charge in [-0.25, -0.2) is 4.68 Å². The largest absolute Gasteiger partial charge is 0.294 e. The third-order valence-corrected chi connectivity index (χ3v) is 1.91. The fourth-order valence-corrected chi connectivity index (χ4v) is 1.32. The van der Waals surface area contributed by atoms with E-state index < -0.39 is 0 Å². The van der Waals surface area contributed by atoms with Crippen molar-refractivity contribution in [2.45, 2.75) is 13.3 Å². The molecule has 1 aromatic heterocycles. The number of nitrogens with zero attached hydrogens (tertiary/aromatic N) is 2. The van der Waals surface area contributed by atoms with Crippen molar-refractivity contribution in [3.63, 3.8) is 0 Å². The molecule has 1 aliphatic heterocycles. The lowest BCUT2D eigenvalue weighted by molar-refractivity contribution is 0.859. The van der Waals surface area contributed by atoms with Gasteiger partial charge in [-0.2, -0.15) is 0 Å². The molecule has 1 aromatic rings. The van der Waals surface area contributed by atoms with Crippen LogP contribution >= 0.6 is 0 Å². The van der Waals surface area contributed by atoms with E-state index in [1.807, 2.05) is 19.1 Å². The molecule has 1 N–H and O–H groups in total. The van der Waals surface area contributed by atoms with Crippen LogP contribution in [0, 0.1) is 6.92 Å². The van der Waals surface area contributed by atoms with Crippen LogP contribution in [0.15, 0.2) is 28.0 Å². The van der Waals surface area contributed by atoms with Gasteiger partial charge in [0.25, 0.3) is 5.56 Å². The van der Waals surface area contributed by atoms with Crippen LogP contribution in [0.5, 0.6) is 0 Å². The molecule has 68 valence electrons. The third kappa shape index (κ3) is 1.47. The zero-order chi connectivity index (χ0) is 9.26. The Morgan fingerprint density at radius 1 is 1.62 bits per heavy atom. The molecule has 0 radical (unpaired) electrons. The lowest BCUT2D eigenvalue weighted by atomic mass is 10.3. The summed E-state index contributed by atoms with van der Waals surface area (Å²) in [6.45, 7) is 2.61. The molecule has 0 amide bonds. The Morgan fingerprint density at radius 3 is 3.00 bits per heavy atom. The maximum Gasteiger partial charge on any atom is 0.272 e. The van der Waals surface area contributed by atoms with Crippen LogP contribution in [0.25, 0.3) is 0 Å². The second-order valence-electron chi connectivity index (χ2n) is 3.04. The van der Waals surface area contributed by atoms with Gasteiger partial charge in [-0.15, -0.1) is 0 Å². The highest BCUT2D eigenvalue weighted by Crippen LogP contribution is 1.97. The molecule has 4 nitrogen and oxygen atoms in total. The molecule has 13 heavy (non-hydrogen) atoms. The van der Waals surface area contributed by atoms with Crippen LogP contribution in [0.4, 0.5) is 0 Å². The van der Waals surface area contributed by atoms with Crippen molar-refractivity contribution >= 4 is 5.84 Å². The zero-order valence-electron chi connectivity index (χ0n) is 7.45. The molecule has 0 unspecified atom stereocenters. The molecule has 2 heterocycles. The molecule has 0 aliphatic carbocycles. The average Bonchev–Trinajstić information content (AvgIpc) is 2.47. The fraction of sp³-hybridized carbons (Fsp3) is 0.333. The maximum absolute atomic E-state index is 11.4. The lowest BCUT2D eigenvalue weighted by Gasteiger charge is -2.05. The van der Waals surface area contributed by atoms with Crippen LogP contribution in [-0.4, -0.2) is 22.2 Å². The van der Waals surface area contributed by atoms with Gasteiger partial charge in [0.15, 0.2) is 0 Å². The van der Waals surface area contributed by atoms with E-state index in [1.165, 1.54) is 4.68 Å². The molecular formula is C9H11N3O. The fourth-order valence-electron chi connectivity index (χ4n) is 1.32. The summed E-state index contributed by atoms with van der Waals surface area (Å²) in [4.78, 5) is 15.6. The van der Waals surface area contributed by atoms with Crippen LogP contribution in [-0.2, 0) is 0 Å². The number of aliphatic imine (C=N–C) groups is 1. The van der Waals surface area contributed by atoms with E-state index in [9.17, 15) is 4.79 Å². The normalized spacial score (nSPS) is 15.9. The first-order valence-electron chi connectivity index (χ1n) is 4.27. The van der Waals surface area contributed by atoms with Crippen molar-refractivity contribution in [3.05, 3.63) is 34.3 Å². The van der Waals surface area contributed by atoms with Gasteiger partial charge in [-0.1, -0.05) is 6.08 Å². The van der Waals surface area contributed by atoms with Gasteiger partial charge in [-0.3, -0.25) is 14.9 Å². The van der Waals surface area contributed by atoms with E-state index in [0.29, 0.717) is 5.84 Å². The number of allylic oxidation sites excluding steroid dienone is 1. The number of hydrogen-bond acceptors (Lipinski definition) is 2. The summed E-state index contributed by atoms with van der Waals surface area (Å²) in [5, 5.41) is 2.94. The summed E-state index contributed by atoms with van der Waals surface area (Å²) in [7, 11) is 0. The average molecular weight is 177 g/mol. The molecule has 0 fully saturated rings. The van der Waals surface area contributed by atoms with Crippen molar-refractivity contribution in [1.29, 1.82) is 0 Å². The molecule has 0 bridgehead atoms. The minimum atomic E-state index is -0.0530. The topological polar surface area (TPSA) is 50.1 Å². The highest BCUT2D eigenvalue weighted by molar-refractivity contribution is 5.94. The Morgan fingerprint density at radius 2 is 2.46 bits per heavy atom. The van der Waals surface area contributed by atoms with Gasteiger partial charge >= 0.3 is 0 Å². The van der Waals surface area contributed by atoms with Gasteiger partial charge < -0.3 is 0 Å². The smallest absolute Gasteiger partial charge is 0.272 e. The summed E-state index contributed by atoms with van der Waals surface area (Å²) < 4.78 is 1.46. The van der Waals surface area contributed by atoms with Gasteiger partial charge in [0.2, 0.25) is 0 Å². The first-order valence-corrected chi connectivity index (χ1v) is 4.27. The molecule has 0 atom stereocenters. The van der Waals surface area contributed by atoms with Crippen molar-refractivity contribution in [2.24, 2.45) is 4.99 Å². The van der Waals surface area contributed by atoms with Gasteiger partial charge in [0, 0.05) is 18.3 Å². The number of aromatic amines is 1. The number of rotatable bonds is 0. The van der Waals surface area contributed by atoms with Crippen molar-refractivity contribution in [1.82, 2.24) is 9.78 Å². The minimum Gasteiger partial charge on any atom is -0.294 e. The molecule has 1 aliphatic rings. The Balaban J connectivity index is 2.45. The molecule has 0 saturated carbocycles.